The fourth-order valence-corrected chi connectivity index (χ4v) is 3.95. The minimum absolute atomic E-state index is 0.0549. The van der Waals surface area contributed by atoms with E-state index in [0.717, 1.165) is 11.9 Å². The van der Waals surface area contributed by atoms with E-state index in [9.17, 15) is 18.0 Å². The molecule has 1 aliphatic rings. The summed E-state index contributed by atoms with van der Waals surface area (Å²) in [5.41, 5.74) is 0.836. The molecule has 2 heterocycles. The molecule has 1 aromatic carbocycles. The van der Waals surface area contributed by atoms with E-state index in [1.54, 1.807) is 0 Å². The summed E-state index contributed by atoms with van der Waals surface area (Å²) in [6, 6.07) is 10.5. The van der Waals surface area contributed by atoms with Crippen LogP contribution in [0.15, 0.2) is 60.1 Å². The number of para-hydroxylation sites is 1. The molecule has 2 aromatic rings. The fraction of sp³-hybridized carbons (Fsp3) is 0.211. The molecule has 0 radical (unpaired) electrons. The summed E-state index contributed by atoms with van der Waals surface area (Å²) in [4.78, 5) is 16.3. The molecule has 4 nitrogen and oxygen atoms in total. The van der Waals surface area contributed by atoms with Crippen LogP contribution in [0.3, 0.4) is 0 Å². The highest BCUT2D eigenvalue weighted by atomic mass is 32.2. The van der Waals surface area contributed by atoms with E-state index in [1.807, 2.05) is 30.3 Å². The molecule has 0 fully saturated rings. The number of pyridine rings is 1. The van der Waals surface area contributed by atoms with Crippen molar-refractivity contribution in [2.75, 3.05) is 16.8 Å². The van der Waals surface area contributed by atoms with Gasteiger partial charge in [-0.15, -0.1) is 11.8 Å². The van der Waals surface area contributed by atoms with Crippen molar-refractivity contribution in [1.29, 1.82) is 0 Å². The van der Waals surface area contributed by atoms with Crippen molar-refractivity contribution >= 4 is 40.4 Å². The largest absolute Gasteiger partial charge is 0.418 e. The number of carbonyl (C=O) groups is 1. The predicted molar refractivity (Wildman–Crippen MR) is 108 cm³/mol. The molecule has 1 aliphatic heterocycles. The Morgan fingerprint density at radius 3 is 2.64 bits per heavy atom. The first kappa shape index (κ1) is 20.3. The van der Waals surface area contributed by atoms with Crippen LogP contribution < -0.4 is 10.6 Å². The summed E-state index contributed by atoms with van der Waals surface area (Å²) < 4.78 is 39.5. The van der Waals surface area contributed by atoms with Gasteiger partial charge in [-0.1, -0.05) is 30.4 Å². The monoisotopic (exact) mass is 423 g/mol. The SMILES string of the molecule is O=C1CSCC(NCc2ccncc2C(F)(F)F)=C1C(=S)Nc1ccccc1. The fourth-order valence-electron chi connectivity index (χ4n) is 2.71. The number of carbonyl (C=O) groups excluding carboxylic acids is 1. The standard InChI is InChI=1S/C19H16F3N3OS2/c20-19(21,22)14-9-23-7-6-12(14)8-24-15-10-28-11-16(26)17(15)18(27)25-13-4-2-1-3-5-13/h1-7,9,24H,8,10-11H2,(H,25,27). The number of Topliss-reactive ketones (excluding diaryl/α,β-unsaturated/α-hetero) is 1. The van der Waals surface area contributed by atoms with E-state index >= 15 is 0 Å². The molecule has 9 heteroatoms. The minimum atomic E-state index is -4.50. The van der Waals surface area contributed by atoms with Crippen molar-refractivity contribution in [2.24, 2.45) is 0 Å². The third kappa shape index (κ3) is 4.90. The van der Waals surface area contributed by atoms with Crippen molar-refractivity contribution in [3.8, 4) is 0 Å². The van der Waals surface area contributed by atoms with E-state index in [-0.39, 0.29) is 28.6 Å². The molecule has 0 unspecified atom stereocenters. The molecule has 0 spiro atoms. The zero-order valence-electron chi connectivity index (χ0n) is 14.5. The Bertz CT molecular complexity index is 914. The van der Waals surface area contributed by atoms with Crippen LogP contribution in [0.1, 0.15) is 11.1 Å². The Labute approximate surface area is 169 Å². The van der Waals surface area contributed by atoms with E-state index in [2.05, 4.69) is 15.6 Å². The second-order valence-electron chi connectivity index (χ2n) is 5.97. The number of hydrogen-bond donors (Lipinski definition) is 2. The van der Waals surface area contributed by atoms with Gasteiger partial charge in [-0.05, 0) is 23.8 Å². The molecule has 146 valence electrons. The van der Waals surface area contributed by atoms with Gasteiger partial charge in [-0.3, -0.25) is 9.78 Å². The first-order chi connectivity index (χ1) is 13.4. The number of thiocarbonyl (C=S) groups is 1. The van der Waals surface area contributed by atoms with Crippen LogP contribution in [-0.2, 0) is 17.5 Å². The normalized spacial score (nSPS) is 14.8. The molecular weight excluding hydrogens is 407 g/mol. The number of halogens is 3. The van der Waals surface area contributed by atoms with E-state index in [0.29, 0.717) is 17.0 Å². The first-order valence-corrected chi connectivity index (χ1v) is 9.87. The molecule has 28 heavy (non-hydrogen) atoms. The molecule has 3 rings (SSSR count). The van der Waals surface area contributed by atoms with Crippen LogP contribution in [0.2, 0.25) is 0 Å². The van der Waals surface area contributed by atoms with E-state index in [4.69, 9.17) is 12.2 Å². The van der Waals surface area contributed by atoms with Gasteiger partial charge in [0, 0.05) is 36.1 Å². The van der Waals surface area contributed by atoms with Crippen molar-refractivity contribution < 1.29 is 18.0 Å². The third-order valence-electron chi connectivity index (χ3n) is 4.03. The van der Waals surface area contributed by atoms with Gasteiger partial charge in [-0.2, -0.15) is 13.2 Å². The zero-order valence-corrected chi connectivity index (χ0v) is 16.2. The first-order valence-electron chi connectivity index (χ1n) is 8.30. The topological polar surface area (TPSA) is 54.0 Å². The Hall–Kier alpha value is -2.39. The Kier molecular flexibility index (Phi) is 6.35. The lowest BCUT2D eigenvalue weighted by atomic mass is 10.1. The molecule has 0 saturated carbocycles. The second kappa shape index (κ2) is 8.74. The van der Waals surface area contributed by atoms with Gasteiger partial charge in [-0.25, -0.2) is 0 Å². The minimum Gasteiger partial charge on any atom is -0.383 e. The van der Waals surface area contributed by atoms with Crippen LogP contribution in [-0.4, -0.2) is 27.3 Å². The summed E-state index contributed by atoms with van der Waals surface area (Å²) in [6.45, 7) is -0.0853. The number of hydrogen-bond acceptors (Lipinski definition) is 5. The Morgan fingerprint density at radius 1 is 1.18 bits per heavy atom. The smallest absolute Gasteiger partial charge is 0.383 e. The summed E-state index contributed by atoms with van der Waals surface area (Å²) in [5.74, 6) is 0.586. The van der Waals surface area contributed by atoms with Gasteiger partial charge >= 0.3 is 6.18 Å². The quantitative estimate of drug-likeness (QED) is 0.703. The lowest BCUT2D eigenvalue weighted by Crippen LogP contribution is -2.31. The highest BCUT2D eigenvalue weighted by molar-refractivity contribution is 8.00. The van der Waals surface area contributed by atoms with Gasteiger partial charge in [0.1, 0.15) is 4.99 Å². The number of ketones is 1. The van der Waals surface area contributed by atoms with E-state index < -0.39 is 11.7 Å². The number of anilines is 1. The summed E-state index contributed by atoms with van der Waals surface area (Å²) in [5, 5.41) is 6.00. The highest BCUT2D eigenvalue weighted by Crippen LogP contribution is 2.31. The van der Waals surface area contributed by atoms with Gasteiger partial charge in [0.05, 0.1) is 16.9 Å². The van der Waals surface area contributed by atoms with Crippen molar-refractivity contribution in [1.82, 2.24) is 10.3 Å². The maximum atomic E-state index is 13.2. The molecule has 0 saturated heterocycles. The molecular formula is C19H16F3N3OS2. The van der Waals surface area contributed by atoms with Gasteiger partial charge in [0.2, 0.25) is 0 Å². The number of thioether (sulfide) groups is 1. The highest BCUT2D eigenvalue weighted by Gasteiger charge is 2.33. The Morgan fingerprint density at radius 2 is 1.93 bits per heavy atom. The molecule has 0 amide bonds. The van der Waals surface area contributed by atoms with Gasteiger partial charge in [0.15, 0.2) is 5.78 Å². The number of alkyl halides is 3. The average Bonchev–Trinajstić information content (AvgIpc) is 2.66. The summed E-state index contributed by atoms with van der Waals surface area (Å²) in [7, 11) is 0. The van der Waals surface area contributed by atoms with Crippen LogP contribution in [0.25, 0.3) is 0 Å². The molecule has 0 aliphatic carbocycles. The van der Waals surface area contributed by atoms with Crippen molar-refractivity contribution in [2.45, 2.75) is 12.7 Å². The van der Waals surface area contributed by atoms with Gasteiger partial charge < -0.3 is 10.6 Å². The average molecular weight is 423 g/mol. The number of nitrogens with one attached hydrogen (secondary N) is 2. The van der Waals surface area contributed by atoms with Crippen LogP contribution in [0.4, 0.5) is 18.9 Å². The summed E-state index contributed by atoms with van der Waals surface area (Å²) >= 11 is 6.79. The molecule has 0 bridgehead atoms. The van der Waals surface area contributed by atoms with Gasteiger partial charge in [0.25, 0.3) is 0 Å². The Balaban J connectivity index is 1.83. The maximum absolute atomic E-state index is 13.2. The van der Waals surface area contributed by atoms with Crippen LogP contribution in [0, 0.1) is 0 Å². The van der Waals surface area contributed by atoms with E-state index in [1.165, 1.54) is 24.0 Å². The van der Waals surface area contributed by atoms with Crippen molar-refractivity contribution in [3.63, 3.8) is 0 Å². The lowest BCUT2D eigenvalue weighted by Gasteiger charge is -2.22. The molecule has 2 N–H and O–H groups in total. The second-order valence-corrected chi connectivity index (χ2v) is 7.37. The predicted octanol–water partition coefficient (Wildman–Crippen LogP) is 4.20. The van der Waals surface area contributed by atoms with Crippen molar-refractivity contribution in [3.05, 3.63) is 71.2 Å². The summed E-state index contributed by atoms with van der Waals surface area (Å²) in [6.07, 6.45) is -2.39. The number of rotatable bonds is 5. The van der Waals surface area contributed by atoms with Crippen LogP contribution in [0.5, 0.6) is 0 Å². The lowest BCUT2D eigenvalue weighted by molar-refractivity contribution is -0.138. The van der Waals surface area contributed by atoms with Crippen LogP contribution >= 0.6 is 24.0 Å². The number of benzene rings is 1. The zero-order chi connectivity index (χ0) is 20.1. The molecule has 1 aromatic heterocycles. The third-order valence-corrected chi connectivity index (χ3v) is 5.29. The molecule has 0 atom stereocenters. The number of aromatic nitrogens is 1. The number of nitrogens with zero attached hydrogens (tertiary/aromatic N) is 1. The maximum Gasteiger partial charge on any atom is 0.418 e.